The van der Waals surface area contributed by atoms with Crippen molar-refractivity contribution in [3.63, 3.8) is 0 Å². The Kier molecular flexibility index (Phi) is 23.8. The highest BCUT2D eigenvalue weighted by Gasteiger charge is 2.00. The van der Waals surface area contributed by atoms with Gasteiger partial charge in [-0.1, -0.05) is 103 Å². The second-order valence-electron chi connectivity index (χ2n) is 8.53. The second-order valence-corrected chi connectivity index (χ2v) is 8.53. The van der Waals surface area contributed by atoms with Gasteiger partial charge in [0, 0.05) is 6.04 Å². The smallest absolute Gasteiger partial charge is 0.00513 e. The summed E-state index contributed by atoms with van der Waals surface area (Å²) in [5.74, 6) is 0. The molecule has 0 aliphatic heterocycles. The van der Waals surface area contributed by atoms with E-state index in [2.05, 4.69) is 12.2 Å². The Hall–Kier alpha value is -0.120. The van der Waals surface area contributed by atoms with Crippen molar-refractivity contribution in [1.29, 1.82) is 0 Å². The van der Waals surface area contributed by atoms with Crippen molar-refractivity contribution < 1.29 is 0 Å². The van der Waals surface area contributed by atoms with Crippen LogP contribution in [0, 0.1) is 0 Å². The Morgan fingerprint density at radius 1 is 0.556 bits per heavy atom. The molecule has 0 amide bonds. The number of unbranched alkanes of at least 4 members (excludes halogenated alkanes) is 15. The van der Waals surface area contributed by atoms with Crippen LogP contribution >= 0.6 is 0 Å². The summed E-state index contributed by atoms with van der Waals surface area (Å²) in [5, 5.41) is 3.55. The van der Waals surface area contributed by atoms with Crippen LogP contribution in [0.2, 0.25) is 0 Å². The minimum Gasteiger partial charge on any atom is -0.330 e. The average Bonchev–Trinajstić information content (AvgIpc) is 2.66. The summed E-state index contributed by atoms with van der Waals surface area (Å²) in [6.45, 7) is 5.29. The predicted molar refractivity (Wildman–Crippen MR) is 123 cm³/mol. The van der Waals surface area contributed by atoms with Gasteiger partial charge in [-0.25, -0.2) is 0 Å². The molecule has 0 saturated heterocycles. The molecule has 164 valence electrons. The number of nitrogens with two attached hydrogens (primary N) is 2. The summed E-state index contributed by atoms with van der Waals surface area (Å²) in [6, 6.07) is 0.298. The molecule has 5 N–H and O–H groups in total. The van der Waals surface area contributed by atoms with E-state index in [-0.39, 0.29) is 0 Å². The molecule has 0 aliphatic carbocycles. The Balaban J connectivity index is 3.01. The van der Waals surface area contributed by atoms with Crippen LogP contribution in [0.3, 0.4) is 0 Å². The van der Waals surface area contributed by atoms with Crippen LogP contribution in [-0.2, 0) is 0 Å². The Labute approximate surface area is 171 Å². The van der Waals surface area contributed by atoms with Crippen LogP contribution in [0.4, 0.5) is 0 Å². The normalized spacial score (nSPS) is 12.6. The van der Waals surface area contributed by atoms with E-state index in [0.717, 1.165) is 19.4 Å². The van der Waals surface area contributed by atoms with Gasteiger partial charge in [0.15, 0.2) is 0 Å². The lowest BCUT2D eigenvalue weighted by Gasteiger charge is -2.10. The number of rotatable bonds is 23. The first-order valence-electron chi connectivity index (χ1n) is 12.5. The molecule has 0 bridgehead atoms. The average molecular weight is 384 g/mol. The van der Waals surface area contributed by atoms with E-state index >= 15 is 0 Å². The lowest BCUT2D eigenvalue weighted by atomic mass is 10.0. The fourth-order valence-electron chi connectivity index (χ4n) is 3.77. The molecule has 0 fully saturated rings. The highest BCUT2D eigenvalue weighted by atomic mass is 14.8. The fraction of sp³-hybridized carbons (Fsp3) is 1.00. The quantitative estimate of drug-likeness (QED) is 0.182. The Morgan fingerprint density at radius 3 is 1.41 bits per heavy atom. The molecule has 3 heteroatoms. The van der Waals surface area contributed by atoms with E-state index in [1.165, 1.54) is 116 Å². The van der Waals surface area contributed by atoms with Gasteiger partial charge in [0.1, 0.15) is 0 Å². The van der Waals surface area contributed by atoms with E-state index in [9.17, 15) is 0 Å². The molecule has 0 spiro atoms. The third-order valence-electron chi connectivity index (χ3n) is 5.67. The summed E-state index contributed by atoms with van der Waals surface area (Å²) in [7, 11) is 0. The van der Waals surface area contributed by atoms with E-state index < -0.39 is 0 Å². The lowest BCUT2D eigenvalue weighted by molar-refractivity contribution is 0.510. The molecule has 0 aromatic carbocycles. The number of hydrogen-bond acceptors (Lipinski definition) is 3. The standard InChI is InChI=1S/C24H53N3/c1-2-3-4-5-6-7-8-9-10-11-12-13-14-15-16-17-22-27-23-18-19-24(26)20-21-25/h24,27H,2-23,25-26H2,1H3. The predicted octanol–water partition coefficient (Wildman–Crippen LogP) is 6.29. The van der Waals surface area contributed by atoms with Gasteiger partial charge in [-0.15, -0.1) is 0 Å². The molecular formula is C24H53N3. The summed E-state index contributed by atoms with van der Waals surface area (Å²) in [5.41, 5.74) is 11.5. The van der Waals surface area contributed by atoms with Gasteiger partial charge in [-0.05, 0) is 45.3 Å². The maximum atomic E-state index is 5.96. The maximum absolute atomic E-state index is 5.96. The summed E-state index contributed by atoms with van der Waals surface area (Å²) < 4.78 is 0. The van der Waals surface area contributed by atoms with Crippen molar-refractivity contribution >= 4 is 0 Å². The fourth-order valence-corrected chi connectivity index (χ4v) is 3.77. The van der Waals surface area contributed by atoms with Crippen LogP contribution < -0.4 is 16.8 Å². The van der Waals surface area contributed by atoms with Crippen LogP contribution in [0.5, 0.6) is 0 Å². The van der Waals surface area contributed by atoms with Crippen molar-refractivity contribution in [2.45, 2.75) is 135 Å². The summed E-state index contributed by atoms with van der Waals surface area (Å²) in [6.07, 6.45) is 26.2. The van der Waals surface area contributed by atoms with E-state index in [4.69, 9.17) is 11.5 Å². The monoisotopic (exact) mass is 383 g/mol. The van der Waals surface area contributed by atoms with Gasteiger partial charge in [0.25, 0.3) is 0 Å². The SMILES string of the molecule is CCCCCCCCCCCCCCCCCCNCCCC(N)CCN. The molecule has 1 unspecified atom stereocenters. The highest BCUT2D eigenvalue weighted by Crippen LogP contribution is 2.13. The van der Waals surface area contributed by atoms with Crippen LogP contribution in [0.15, 0.2) is 0 Å². The zero-order valence-corrected chi connectivity index (χ0v) is 18.8. The molecule has 0 radical (unpaired) electrons. The summed E-state index contributed by atoms with van der Waals surface area (Å²) in [4.78, 5) is 0. The van der Waals surface area contributed by atoms with E-state index in [0.29, 0.717) is 12.6 Å². The van der Waals surface area contributed by atoms with Gasteiger partial charge in [0.2, 0.25) is 0 Å². The van der Waals surface area contributed by atoms with E-state index in [1.54, 1.807) is 0 Å². The summed E-state index contributed by atoms with van der Waals surface area (Å²) >= 11 is 0. The maximum Gasteiger partial charge on any atom is 0.00513 e. The molecule has 27 heavy (non-hydrogen) atoms. The van der Waals surface area contributed by atoms with Crippen molar-refractivity contribution in [2.24, 2.45) is 11.5 Å². The third kappa shape index (κ3) is 23.8. The van der Waals surface area contributed by atoms with Crippen LogP contribution in [0.25, 0.3) is 0 Å². The molecule has 0 aromatic rings. The first kappa shape index (κ1) is 26.9. The molecule has 0 aromatic heterocycles. The minimum atomic E-state index is 0.298. The molecular weight excluding hydrogens is 330 g/mol. The molecule has 0 rings (SSSR count). The van der Waals surface area contributed by atoms with Gasteiger partial charge >= 0.3 is 0 Å². The number of hydrogen-bond donors (Lipinski definition) is 3. The highest BCUT2D eigenvalue weighted by molar-refractivity contribution is 4.62. The first-order chi connectivity index (χ1) is 13.3. The topological polar surface area (TPSA) is 64.1 Å². The minimum absolute atomic E-state index is 0.298. The second kappa shape index (κ2) is 23.9. The Morgan fingerprint density at radius 2 is 0.963 bits per heavy atom. The zero-order valence-electron chi connectivity index (χ0n) is 18.8. The van der Waals surface area contributed by atoms with Crippen molar-refractivity contribution in [3.05, 3.63) is 0 Å². The molecule has 0 aliphatic rings. The van der Waals surface area contributed by atoms with Gasteiger partial charge in [-0.2, -0.15) is 0 Å². The van der Waals surface area contributed by atoms with Crippen molar-refractivity contribution in [2.75, 3.05) is 19.6 Å². The molecule has 0 heterocycles. The van der Waals surface area contributed by atoms with Crippen molar-refractivity contribution in [3.8, 4) is 0 Å². The number of nitrogens with one attached hydrogen (secondary N) is 1. The first-order valence-corrected chi connectivity index (χ1v) is 12.5. The van der Waals surface area contributed by atoms with Crippen LogP contribution in [-0.4, -0.2) is 25.7 Å². The van der Waals surface area contributed by atoms with E-state index in [1.807, 2.05) is 0 Å². The molecule has 0 saturated carbocycles. The third-order valence-corrected chi connectivity index (χ3v) is 5.67. The zero-order chi connectivity index (χ0) is 19.8. The Bertz CT molecular complexity index is 258. The molecule has 3 nitrogen and oxygen atoms in total. The van der Waals surface area contributed by atoms with Gasteiger partial charge < -0.3 is 16.8 Å². The van der Waals surface area contributed by atoms with Gasteiger partial charge in [-0.3, -0.25) is 0 Å². The van der Waals surface area contributed by atoms with Crippen LogP contribution in [0.1, 0.15) is 129 Å². The van der Waals surface area contributed by atoms with Crippen molar-refractivity contribution in [1.82, 2.24) is 5.32 Å². The molecule has 1 atom stereocenters. The van der Waals surface area contributed by atoms with Gasteiger partial charge in [0.05, 0.1) is 0 Å². The largest absolute Gasteiger partial charge is 0.330 e. The lowest BCUT2D eigenvalue weighted by Crippen LogP contribution is -2.25.